The molecule has 1 aliphatic carbocycles. The van der Waals surface area contributed by atoms with Gasteiger partial charge in [0.25, 0.3) is 0 Å². The molecule has 1 N–H and O–H groups in total. The molecule has 14 heavy (non-hydrogen) atoms. The number of carbonyl (C=O) groups excluding carboxylic acids is 2. The molecule has 1 unspecified atom stereocenters. The first-order chi connectivity index (χ1) is 6.56. The summed E-state index contributed by atoms with van der Waals surface area (Å²) in [6.07, 6.45) is 2.09. The number of esters is 1. The Balaban J connectivity index is 2.56. The fourth-order valence-corrected chi connectivity index (χ4v) is 1.31. The van der Waals surface area contributed by atoms with Crippen LogP contribution in [0.2, 0.25) is 0 Å². The first-order valence-electron chi connectivity index (χ1n) is 4.96. The molecule has 1 saturated carbocycles. The molecule has 1 rings (SSSR count). The Morgan fingerprint density at radius 3 is 2.43 bits per heavy atom. The molecule has 1 fully saturated rings. The zero-order chi connectivity index (χ0) is 10.8. The van der Waals surface area contributed by atoms with Crippen LogP contribution in [-0.2, 0) is 14.3 Å². The lowest BCUT2D eigenvalue weighted by atomic mass is 10.1. The molecule has 0 radical (unpaired) electrons. The summed E-state index contributed by atoms with van der Waals surface area (Å²) in [5.41, 5.74) is -0.863. The van der Waals surface area contributed by atoms with E-state index in [4.69, 9.17) is 0 Å². The van der Waals surface area contributed by atoms with E-state index in [9.17, 15) is 9.59 Å². The number of ether oxygens (including phenoxy) is 1. The van der Waals surface area contributed by atoms with Crippen LogP contribution in [0.25, 0.3) is 0 Å². The number of methoxy groups -OCH3 is 1. The molecule has 0 aromatic heterocycles. The van der Waals surface area contributed by atoms with Gasteiger partial charge in [0.2, 0.25) is 5.91 Å². The molecule has 1 atom stereocenters. The van der Waals surface area contributed by atoms with Crippen LogP contribution in [0.1, 0.15) is 33.1 Å². The molecule has 0 spiro atoms. The lowest BCUT2D eigenvalue weighted by Gasteiger charge is -2.16. The van der Waals surface area contributed by atoms with Crippen LogP contribution in [0.3, 0.4) is 0 Å². The van der Waals surface area contributed by atoms with Crippen molar-refractivity contribution in [3.63, 3.8) is 0 Å². The minimum Gasteiger partial charge on any atom is -0.468 e. The van der Waals surface area contributed by atoms with E-state index >= 15 is 0 Å². The van der Waals surface area contributed by atoms with Crippen molar-refractivity contribution in [2.45, 2.75) is 39.2 Å². The average molecular weight is 199 g/mol. The highest BCUT2D eigenvalue weighted by molar-refractivity contribution is 6.05. The van der Waals surface area contributed by atoms with Crippen molar-refractivity contribution in [3.8, 4) is 0 Å². The molecule has 80 valence electrons. The van der Waals surface area contributed by atoms with Crippen LogP contribution in [0.5, 0.6) is 0 Å². The second kappa shape index (κ2) is 3.98. The minimum absolute atomic E-state index is 0.115. The van der Waals surface area contributed by atoms with Gasteiger partial charge in [-0.1, -0.05) is 6.92 Å². The highest BCUT2D eigenvalue weighted by atomic mass is 16.5. The van der Waals surface area contributed by atoms with Gasteiger partial charge in [-0.05, 0) is 26.2 Å². The van der Waals surface area contributed by atoms with Crippen LogP contribution in [0.15, 0.2) is 0 Å². The predicted octanol–water partition coefficient (Wildman–Crippen LogP) is 0.854. The van der Waals surface area contributed by atoms with Gasteiger partial charge in [-0.3, -0.25) is 9.59 Å². The second-order valence-electron chi connectivity index (χ2n) is 3.86. The maximum atomic E-state index is 11.7. The molecule has 4 heteroatoms. The number of nitrogens with one attached hydrogen (secondary N) is 1. The SMILES string of the molecule is CCC(C)NC(=O)C1(C(=O)OC)CC1. The van der Waals surface area contributed by atoms with Gasteiger partial charge in [-0.2, -0.15) is 0 Å². The quantitative estimate of drug-likeness (QED) is 0.539. The zero-order valence-corrected chi connectivity index (χ0v) is 8.92. The van der Waals surface area contributed by atoms with Crippen molar-refractivity contribution in [1.29, 1.82) is 0 Å². The number of amides is 1. The Morgan fingerprint density at radius 2 is 2.07 bits per heavy atom. The van der Waals surface area contributed by atoms with E-state index in [2.05, 4.69) is 10.1 Å². The summed E-state index contributed by atoms with van der Waals surface area (Å²) in [5.74, 6) is -0.586. The van der Waals surface area contributed by atoms with Crippen LogP contribution in [0, 0.1) is 5.41 Å². The molecule has 0 aromatic carbocycles. The van der Waals surface area contributed by atoms with Gasteiger partial charge in [0.05, 0.1) is 7.11 Å². The third-order valence-electron chi connectivity index (χ3n) is 2.75. The predicted molar refractivity (Wildman–Crippen MR) is 51.6 cm³/mol. The average Bonchev–Trinajstić information content (AvgIpc) is 2.97. The van der Waals surface area contributed by atoms with Crippen LogP contribution < -0.4 is 5.32 Å². The molecule has 1 aliphatic rings. The maximum Gasteiger partial charge on any atom is 0.321 e. The summed E-state index contributed by atoms with van der Waals surface area (Å²) in [6.45, 7) is 3.91. The molecule has 1 amide bonds. The van der Waals surface area contributed by atoms with Gasteiger partial charge in [0.1, 0.15) is 5.41 Å². The molecule has 0 aliphatic heterocycles. The number of carbonyl (C=O) groups is 2. The van der Waals surface area contributed by atoms with Crippen molar-refractivity contribution >= 4 is 11.9 Å². The highest BCUT2D eigenvalue weighted by Gasteiger charge is 2.57. The summed E-state index contributed by atoms with van der Waals surface area (Å²) in [5, 5.41) is 2.81. The summed E-state index contributed by atoms with van der Waals surface area (Å²) in [6, 6.07) is 0.115. The second-order valence-corrected chi connectivity index (χ2v) is 3.86. The van der Waals surface area contributed by atoms with Crippen molar-refractivity contribution in [2.24, 2.45) is 5.41 Å². The van der Waals surface area contributed by atoms with Gasteiger partial charge >= 0.3 is 5.97 Å². The van der Waals surface area contributed by atoms with E-state index in [-0.39, 0.29) is 11.9 Å². The van der Waals surface area contributed by atoms with Crippen LogP contribution >= 0.6 is 0 Å². The Kier molecular flexibility index (Phi) is 3.13. The molecular weight excluding hydrogens is 182 g/mol. The van der Waals surface area contributed by atoms with Gasteiger partial charge in [0, 0.05) is 6.04 Å². The van der Waals surface area contributed by atoms with E-state index in [0.29, 0.717) is 12.8 Å². The lowest BCUT2D eigenvalue weighted by molar-refractivity contribution is -0.152. The summed E-state index contributed by atoms with van der Waals surface area (Å²) in [4.78, 5) is 23.0. The van der Waals surface area contributed by atoms with E-state index < -0.39 is 11.4 Å². The largest absolute Gasteiger partial charge is 0.468 e. The van der Waals surface area contributed by atoms with Crippen molar-refractivity contribution in [1.82, 2.24) is 5.32 Å². The van der Waals surface area contributed by atoms with Gasteiger partial charge < -0.3 is 10.1 Å². The van der Waals surface area contributed by atoms with Crippen molar-refractivity contribution < 1.29 is 14.3 Å². The fourth-order valence-electron chi connectivity index (χ4n) is 1.31. The molecule has 0 aromatic rings. The Labute approximate surface area is 84.0 Å². The topological polar surface area (TPSA) is 55.4 Å². The van der Waals surface area contributed by atoms with Gasteiger partial charge in [0.15, 0.2) is 0 Å². The smallest absolute Gasteiger partial charge is 0.321 e. The van der Waals surface area contributed by atoms with Crippen LogP contribution in [-0.4, -0.2) is 25.0 Å². The summed E-state index contributed by atoms with van der Waals surface area (Å²) < 4.78 is 4.61. The monoisotopic (exact) mass is 199 g/mol. The van der Waals surface area contributed by atoms with E-state index in [1.54, 1.807) is 0 Å². The molecule has 0 heterocycles. The third-order valence-corrected chi connectivity index (χ3v) is 2.75. The minimum atomic E-state index is -0.863. The Bertz CT molecular complexity index is 246. The van der Waals surface area contributed by atoms with Gasteiger partial charge in [-0.25, -0.2) is 0 Å². The summed E-state index contributed by atoms with van der Waals surface area (Å²) >= 11 is 0. The zero-order valence-electron chi connectivity index (χ0n) is 8.92. The Hall–Kier alpha value is -1.06. The molecule has 4 nitrogen and oxygen atoms in total. The first-order valence-corrected chi connectivity index (χ1v) is 4.96. The highest BCUT2D eigenvalue weighted by Crippen LogP contribution is 2.46. The van der Waals surface area contributed by atoms with E-state index in [1.807, 2.05) is 13.8 Å². The van der Waals surface area contributed by atoms with Crippen molar-refractivity contribution in [3.05, 3.63) is 0 Å². The maximum absolute atomic E-state index is 11.7. The third kappa shape index (κ3) is 1.89. The number of rotatable bonds is 4. The first kappa shape index (κ1) is 11.0. The summed E-state index contributed by atoms with van der Waals surface area (Å²) in [7, 11) is 1.32. The lowest BCUT2D eigenvalue weighted by Crippen LogP contribution is -2.41. The van der Waals surface area contributed by atoms with Crippen molar-refractivity contribution in [2.75, 3.05) is 7.11 Å². The Morgan fingerprint density at radius 1 is 1.50 bits per heavy atom. The molecule has 0 bridgehead atoms. The molecular formula is C10H17NO3. The van der Waals surface area contributed by atoms with Gasteiger partial charge in [-0.15, -0.1) is 0 Å². The number of hydrogen-bond donors (Lipinski definition) is 1. The number of hydrogen-bond acceptors (Lipinski definition) is 3. The van der Waals surface area contributed by atoms with Crippen LogP contribution in [0.4, 0.5) is 0 Å². The normalized spacial score (nSPS) is 19.6. The standard InChI is InChI=1S/C10H17NO3/c1-4-7(2)11-8(12)10(5-6-10)9(13)14-3/h7H,4-6H2,1-3H3,(H,11,12). The fraction of sp³-hybridized carbons (Fsp3) is 0.800. The van der Waals surface area contributed by atoms with E-state index in [0.717, 1.165) is 6.42 Å². The van der Waals surface area contributed by atoms with E-state index in [1.165, 1.54) is 7.11 Å². The molecule has 0 saturated heterocycles.